The first-order valence-electron chi connectivity index (χ1n) is 4.95. The summed E-state index contributed by atoms with van der Waals surface area (Å²) in [4.78, 5) is 11.3. The predicted octanol–water partition coefficient (Wildman–Crippen LogP) is -0.239. The maximum absolute atomic E-state index is 11.3. The molecule has 0 saturated carbocycles. The molecular formula is C9H10O7S2. The van der Waals surface area contributed by atoms with E-state index >= 15 is 0 Å². The number of carbonyl (C=O) groups excluding carboxylic acids is 1. The van der Waals surface area contributed by atoms with Gasteiger partial charge in [-0.05, 0) is 12.2 Å². The molecule has 0 aromatic heterocycles. The first-order valence-corrected chi connectivity index (χ1v) is 8.38. The summed E-state index contributed by atoms with van der Waals surface area (Å²) in [5.41, 5.74) is 0. The van der Waals surface area contributed by atoms with Crippen LogP contribution in [0, 0.1) is 0 Å². The number of hydrogen-bond acceptors (Lipinski definition) is 7. The zero-order chi connectivity index (χ0) is 13.4. The summed E-state index contributed by atoms with van der Waals surface area (Å²) >= 11 is 0. The summed E-state index contributed by atoms with van der Waals surface area (Å²) in [6, 6.07) is 0. The second-order valence-corrected chi connectivity index (χ2v) is 7.74. The van der Waals surface area contributed by atoms with Crippen LogP contribution in [0.2, 0.25) is 0 Å². The minimum atomic E-state index is -3.31. The molecule has 0 amide bonds. The van der Waals surface area contributed by atoms with E-state index in [1.165, 1.54) is 12.2 Å². The van der Waals surface area contributed by atoms with Crippen molar-refractivity contribution in [2.45, 2.75) is 12.2 Å². The first kappa shape index (κ1) is 13.1. The molecule has 2 rings (SSSR count). The molecular weight excluding hydrogens is 284 g/mol. The zero-order valence-corrected chi connectivity index (χ0v) is 10.7. The van der Waals surface area contributed by atoms with Gasteiger partial charge in [-0.15, -0.1) is 0 Å². The van der Waals surface area contributed by atoms with Gasteiger partial charge in [0.1, 0.15) is 12.2 Å². The lowest BCUT2D eigenvalue weighted by atomic mass is 10.4. The van der Waals surface area contributed by atoms with Crippen molar-refractivity contribution < 1.29 is 31.1 Å². The fourth-order valence-corrected chi connectivity index (χ4v) is 3.84. The highest BCUT2D eigenvalue weighted by Gasteiger charge is 2.29. The van der Waals surface area contributed by atoms with Crippen LogP contribution in [-0.2, 0) is 29.1 Å². The van der Waals surface area contributed by atoms with Crippen LogP contribution in [0.25, 0.3) is 0 Å². The molecule has 0 radical (unpaired) electrons. The molecule has 0 fully saturated rings. The third-order valence-corrected chi connectivity index (χ3v) is 5.02. The molecule has 0 aliphatic carbocycles. The van der Waals surface area contributed by atoms with E-state index in [-0.39, 0.29) is 11.5 Å². The Labute approximate surface area is 104 Å². The molecule has 0 aromatic carbocycles. The lowest BCUT2D eigenvalue weighted by molar-refractivity contribution is 0.0322. The van der Waals surface area contributed by atoms with Crippen LogP contribution < -0.4 is 0 Å². The van der Waals surface area contributed by atoms with Crippen LogP contribution in [0.1, 0.15) is 0 Å². The number of carbonyl (C=O) groups is 1. The normalized spacial score (nSPS) is 31.3. The molecule has 2 heterocycles. The average Bonchev–Trinajstić information content (AvgIpc) is 2.69. The Balaban J connectivity index is 1.84. The maximum Gasteiger partial charge on any atom is 0.509 e. The molecule has 2 atom stereocenters. The third kappa shape index (κ3) is 3.33. The van der Waals surface area contributed by atoms with Gasteiger partial charge in [-0.2, -0.15) is 0 Å². The molecule has 100 valence electrons. The second-order valence-electron chi connectivity index (χ2n) is 3.88. The van der Waals surface area contributed by atoms with Gasteiger partial charge in [-0.3, -0.25) is 0 Å². The first-order chi connectivity index (χ1) is 8.26. The fourth-order valence-electron chi connectivity index (χ4n) is 1.52. The van der Waals surface area contributed by atoms with E-state index in [0.717, 1.165) is 10.8 Å². The van der Waals surface area contributed by atoms with Crippen LogP contribution in [-0.4, -0.2) is 46.7 Å². The van der Waals surface area contributed by atoms with Gasteiger partial charge in [0.25, 0.3) is 0 Å². The van der Waals surface area contributed by atoms with Crippen molar-refractivity contribution in [2.24, 2.45) is 0 Å². The fraction of sp³-hybridized carbons (Fsp3) is 0.444. The summed E-state index contributed by atoms with van der Waals surface area (Å²) in [5.74, 6) is -0.637. The molecule has 0 aromatic rings. The van der Waals surface area contributed by atoms with E-state index in [9.17, 15) is 21.6 Å². The summed E-state index contributed by atoms with van der Waals surface area (Å²) in [6.07, 6.45) is -0.391. The van der Waals surface area contributed by atoms with Crippen molar-refractivity contribution >= 4 is 25.8 Å². The Bertz CT molecular complexity index is 557. The molecule has 0 spiro atoms. The predicted molar refractivity (Wildman–Crippen MR) is 61.0 cm³/mol. The quantitative estimate of drug-likeness (QED) is 0.647. The monoisotopic (exact) mass is 294 g/mol. The van der Waals surface area contributed by atoms with E-state index < -0.39 is 38.0 Å². The average molecular weight is 294 g/mol. The van der Waals surface area contributed by atoms with Crippen molar-refractivity contribution in [3.63, 3.8) is 0 Å². The highest BCUT2D eigenvalue weighted by atomic mass is 32.2. The van der Waals surface area contributed by atoms with Crippen LogP contribution in [0.4, 0.5) is 4.79 Å². The number of rotatable bonds is 2. The van der Waals surface area contributed by atoms with Gasteiger partial charge in [0, 0.05) is 10.8 Å². The minimum Gasteiger partial charge on any atom is -0.426 e. The van der Waals surface area contributed by atoms with Crippen LogP contribution in [0.15, 0.2) is 23.0 Å². The molecule has 0 unspecified atom stereocenters. The summed E-state index contributed by atoms with van der Waals surface area (Å²) in [6.45, 7) is 0. The molecule has 0 bridgehead atoms. The van der Waals surface area contributed by atoms with Crippen molar-refractivity contribution in [1.29, 1.82) is 0 Å². The Morgan fingerprint density at radius 2 is 1.28 bits per heavy atom. The van der Waals surface area contributed by atoms with Crippen molar-refractivity contribution in [3.05, 3.63) is 23.0 Å². The second kappa shape index (κ2) is 4.39. The molecule has 2 aliphatic heterocycles. The molecule has 0 saturated heterocycles. The Morgan fingerprint density at radius 3 is 1.56 bits per heavy atom. The summed E-state index contributed by atoms with van der Waals surface area (Å²) in [5, 5.41) is 1.93. The molecule has 2 aliphatic rings. The topological polar surface area (TPSA) is 104 Å². The van der Waals surface area contributed by atoms with E-state index in [1.807, 2.05) is 0 Å². The Kier molecular flexibility index (Phi) is 3.20. The van der Waals surface area contributed by atoms with Gasteiger partial charge in [0.05, 0.1) is 11.5 Å². The summed E-state index contributed by atoms with van der Waals surface area (Å²) < 4.78 is 53.6. The smallest absolute Gasteiger partial charge is 0.426 e. The van der Waals surface area contributed by atoms with Crippen molar-refractivity contribution in [2.75, 3.05) is 11.5 Å². The van der Waals surface area contributed by atoms with Crippen LogP contribution in [0.3, 0.4) is 0 Å². The highest BCUT2D eigenvalue weighted by molar-refractivity contribution is 7.94. The van der Waals surface area contributed by atoms with Gasteiger partial charge in [-0.1, -0.05) is 0 Å². The van der Waals surface area contributed by atoms with Gasteiger partial charge < -0.3 is 9.47 Å². The maximum atomic E-state index is 11.3. The highest BCUT2D eigenvalue weighted by Crippen LogP contribution is 2.15. The molecule has 9 heteroatoms. The van der Waals surface area contributed by atoms with E-state index in [4.69, 9.17) is 9.47 Å². The van der Waals surface area contributed by atoms with Crippen molar-refractivity contribution in [3.8, 4) is 0 Å². The zero-order valence-electron chi connectivity index (χ0n) is 9.05. The molecule has 0 N–H and O–H groups in total. The van der Waals surface area contributed by atoms with E-state index in [2.05, 4.69) is 0 Å². The lowest BCUT2D eigenvalue weighted by Crippen LogP contribution is -2.25. The van der Waals surface area contributed by atoms with Gasteiger partial charge in [0.15, 0.2) is 19.7 Å². The largest absolute Gasteiger partial charge is 0.509 e. The summed E-state index contributed by atoms with van der Waals surface area (Å²) in [7, 11) is -6.62. The van der Waals surface area contributed by atoms with Gasteiger partial charge in [0.2, 0.25) is 0 Å². The number of sulfone groups is 2. The Hall–Kier alpha value is -1.35. The lowest BCUT2D eigenvalue weighted by Gasteiger charge is -2.12. The third-order valence-electron chi connectivity index (χ3n) is 2.29. The van der Waals surface area contributed by atoms with E-state index in [0.29, 0.717) is 0 Å². The standard InChI is InChI=1S/C9H10O7S2/c10-9(15-7-1-3-17(11,12)5-7)16-8-2-4-18(13,14)6-8/h1-4,7-8H,5-6H2/t7-,8-/m1/s1. The van der Waals surface area contributed by atoms with Crippen LogP contribution in [0.5, 0.6) is 0 Å². The van der Waals surface area contributed by atoms with E-state index in [1.54, 1.807) is 0 Å². The SMILES string of the molecule is O=C(O[C@@H]1C=CS(=O)(=O)C1)O[C@@H]1C=CS(=O)(=O)C1. The van der Waals surface area contributed by atoms with Gasteiger partial charge in [-0.25, -0.2) is 21.6 Å². The molecule has 7 nitrogen and oxygen atoms in total. The van der Waals surface area contributed by atoms with Gasteiger partial charge >= 0.3 is 6.16 Å². The van der Waals surface area contributed by atoms with Crippen LogP contribution >= 0.6 is 0 Å². The molecule has 18 heavy (non-hydrogen) atoms. The minimum absolute atomic E-state index is 0.319. The Morgan fingerprint density at radius 1 is 0.889 bits per heavy atom. The van der Waals surface area contributed by atoms with Crippen molar-refractivity contribution in [1.82, 2.24) is 0 Å². The number of ether oxygens (including phenoxy) is 2. The number of hydrogen-bond donors (Lipinski definition) is 0.